The van der Waals surface area contributed by atoms with Crippen LogP contribution < -0.4 is 11.1 Å². The minimum atomic E-state index is -0.614. The van der Waals surface area contributed by atoms with Crippen molar-refractivity contribution in [2.24, 2.45) is 5.73 Å². The molecule has 2 rings (SSSR count). The molecule has 6 nitrogen and oxygen atoms in total. The van der Waals surface area contributed by atoms with Crippen LogP contribution in [0.2, 0.25) is 0 Å². The van der Waals surface area contributed by atoms with Gasteiger partial charge in [0.05, 0.1) is 12.2 Å². The quantitative estimate of drug-likeness (QED) is 0.620. The van der Waals surface area contributed by atoms with Crippen molar-refractivity contribution < 1.29 is 9.90 Å². The molecule has 1 atom stereocenters. The van der Waals surface area contributed by atoms with Crippen LogP contribution in [0.15, 0.2) is 36.7 Å². The highest BCUT2D eigenvalue weighted by Gasteiger charge is 2.13. The van der Waals surface area contributed by atoms with Gasteiger partial charge >= 0.3 is 0 Å². The summed E-state index contributed by atoms with van der Waals surface area (Å²) in [4.78, 5) is 11.8. The van der Waals surface area contributed by atoms with Crippen molar-refractivity contribution in [3.63, 3.8) is 0 Å². The summed E-state index contributed by atoms with van der Waals surface area (Å²) in [6.07, 6.45) is 3.79. The van der Waals surface area contributed by atoms with Crippen molar-refractivity contribution in [2.45, 2.75) is 19.0 Å². The number of carbonyl (C=O) groups excluding carboxylic acids is 1. The SMILES string of the molecule is NC(Cc1ccc(O)cc1)C(=O)NCc1cn[nH]c1. The zero-order chi connectivity index (χ0) is 13.7. The van der Waals surface area contributed by atoms with E-state index in [0.717, 1.165) is 11.1 Å². The van der Waals surface area contributed by atoms with E-state index < -0.39 is 6.04 Å². The molecular formula is C13H16N4O2. The van der Waals surface area contributed by atoms with Gasteiger partial charge in [-0.2, -0.15) is 5.10 Å². The highest BCUT2D eigenvalue weighted by atomic mass is 16.3. The molecule has 0 aliphatic carbocycles. The maximum absolute atomic E-state index is 11.8. The fourth-order valence-electron chi connectivity index (χ4n) is 1.67. The van der Waals surface area contributed by atoms with E-state index in [4.69, 9.17) is 5.73 Å². The average molecular weight is 260 g/mol. The number of hydrogen-bond donors (Lipinski definition) is 4. The van der Waals surface area contributed by atoms with Crippen LogP contribution in [0.1, 0.15) is 11.1 Å². The standard InChI is InChI=1S/C13H16N4O2/c14-12(5-9-1-3-11(18)4-2-9)13(19)15-6-10-7-16-17-8-10/h1-4,7-8,12,18H,5-6,14H2,(H,15,19)(H,16,17). The number of amides is 1. The fraction of sp³-hybridized carbons (Fsp3) is 0.231. The van der Waals surface area contributed by atoms with Crippen molar-refractivity contribution in [1.29, 1.82) is 0 Å². The molecule has 1 aromatic carbocycles. The lowest BCUT2D eigenvalue weighted by Gasteiger charge is -2.11. The van der Waals surface area contributed by atoms with E-state index in [1.54, 1.807) is 36.7 Å². The van der Waals surface area contributed by atoms with Gasteiger partial charge in [0, 0.05) is 18.3 Å². The van der Waals surface area contributed by atoms with E-state index >= 15 is 0 Å². The van der Waals surface area contributed by atoms with Gasteiger partial charge < -0.3 is 16.2 Å². The Morgan fingerprint density at radius 1 is 1.37 bits per heavy atom. The Bertz CT molecular complexity index is 522. The first-order chi connectivity index (χ1) is 9.15. The molecule has 0 bridgehead atoms. The zero-order valence-electron chi connectivity index (χ0n) is 10.3. The molecule has 0 fully saturated rings. The molecule has 5 N–H and O–H groups in total. The van der Waals surface area contributed by atoms with Crippen LogP contribution in [-0.4, -0.2) is 27.3 Å². The summed E-state index contributed by atoms with van der Waals surface area (Å²) >= 11 is 0. The molecule has 100 valence electrons. The van der Waals surface area contributed by atoms with Crippen LogP contribution in [0.4, 0.5) is 0 Å². The average Bonchev–Trinajstić information content (AvgIpc) is 2.91. The summed E-state index contributed by atoms with van der Waals surface area (Å²) in [5, 5.41) is 18.4. The lowest BCUT2D eigenvalue weighted by atomic mass is 10.1. The minimum absolute atomic E-state index is 0.196. The van der Waals surface area contributed by atoms with E-state index in [2.05, 4.69) is 15.5 Å². The van der Waals surface area contributed by atoms with E-state index in [0.29, 0.717) is 13.0 Å². The molecule has 0 radical (unpaired) electrons. The summed E-state index contributed by atoms with van der Waals surface area (Å²) in [5.41, 5.74) is 7.63. The number of nitrogens with one attached hydrogen (secondary N) is 2. The second-order valence-electron chi connectivity index (χ2n) is 4.30. The molecule has 0 aliphatic rings. The number of benzene rings is 1. The van der Waals surface area contributed by atoms with Crippen LogP contribution in [0.3, 0.4) is 0 Å². The van der Waals surface area contributed by atoms with Gasteiger partial charge in [-0.3, -0.25) is 9.89 Å². The number of rotatable bonds is 5. The van der Waals surface area contributed by atoms with Crippen LogP contribution in [0, 0.1) is 0 Å². The highest BCUT2D eigenvalue weighted by molar-refractivity contribution is 5.81. The number of aromatic nitrogens is 2. The third-order valence-corrected chi connectivity index (χ3v) is 2.75. The van der Waals surface area contributed by atoms with Crippen LogP contribution in [-0.2, 0) is 17.8 Å². The first-order valence-electron chi connectivity index (χ1n) is 5.94. The number of phenolic OH excluding ortho intramolecular Hbond substituents is 1. The molecule has 1 unspecified atom stereocenters. The second kappa shape index (κ2) is 6.01. The Labute approximate surface area is 110 Å². The Morgan fingerprint density at radius 2 is 2.11 bits per heavy atom. The Morgan fingerprint density at radius 3 is 2.74 bits per heavy atom. The Balaban J connectivity index is 1.83. The molecule has 6 heteroatoms. The Kier molecular flexibility index (Phi) is 4.15. The number of aromatic amines is 1. The van der Waals surface area contributed by atoms with Gasteiger partial charge in [0.15, 0.2) is 0 Å². The third kappa shape index (κ3) is 3.82. The number of phenols is 1. The van der Waals surface area contributed by atoms with Gasteiger partial charge in [-0.05, 0) is 24.1 Å². The summed E-state index contributed by atoms with van der Waals surface area (Å²) in [6, 6.07) is 6.03. The monoisotopic (exact) mass is 260 g/mol. The maximum Gasteiger partial charge on any atom is 0.237 e. The lowest BCUT2D eigenvalue weighted by Crippen LogP contribution is -2.41. The van der Waals surface area contributed by atoms with Crippen molar-refractivity contribution in [3.05, 3.63) is 47.8 Å². The molecule has 0 aliphatic heterocycles. The molecule has 2 aromatic rings. The first-order valence-corrected chi connectivity index (χ1v) is 5.94. The van der Waals surface area contributed by atoms with Crippen molar-refractivity contribution in [3.8, 4) is 5.75 Å². The second-order valence-corrected chi connectivity index (χ2v) is 4.30. The van der Waals surface area contributed by atoms with Crippen LogP contribution in [0.5, 0.6) is 5.75 Å². The number of hydrogen-bond acceptors (Lipinski definition) is 4. The molecular weight excluding hydrogens is 244 g/mol. The smallest absolute Gasteiger partial charge is 0.237 e. The number of nitrogens with two attached hydrogens (primary N) is 1. The highest BCUT2D eigenvalue weighted by Crippen LogP contribution is 2.10. The summed E-state index contributed by atoms with van der Waals surface area (Å²) in [6.45, 7) is 0.401. The Hall–Kier alpha value is -2.34. The number of nitrogens with zero attached hydrogens (tertiary/aromatic N) is 1. The van der Waals surface area contributed by atoms with Gasteiger partial charge in [-0.1, -0.05) is 12.1 Å². The number of carbonyl (C=O) groups is 1. The number of H-pyrrole nitrogens is 1. The summed E-state index contributed by atoms with van der Waals surface area (Å²) in [7, 11) is 0. The predicted octanol–water partition coefficient (Wildman–Crippen LogP) is 0.301. The fourth-order valence-corrected chi connectivity index (χ4v) is 1.67. The molecule has 1 aromatic heterocycles. The zero-order valence-corrected chi connectivity index (χ0v) is 10.3. The third-order valence-electron chi connectivity index (χ3n) is 2.75. The number of aromatic hydroxyl groups is 1. The summed E-state index contributed by atoms with van der Waals surface area (Å²) in [5.74, 6) is -0.0176. The van der Waals surface area contributed by atoms with Crippen molar-refractivity contribution in [1.82, 2.24) is 15.5 Å². The molecule has 1 amide bonds. The van der Waals surface area contributed by atoms with Gasteiger partial charge in [0.2, 0.25) is 5.91 Å². The van der Waals surface area contributed by atoms with Gasteiger partial charge in [-0.25, -0.2) is 0 Å². The summed E-state index contributed by atoms with van der Waals surface area (Å²) < 4.78 is 0. The predicted molar refractivity (Wildman–Crippen MR) is 70.2 cm³/mol. The maximum atomic E-state index is 11.8. The van der Waals surface area contributed by atoms with E-state index in [9.17, 15) is 9.90 Å². The topological polar surface area (TPSA) is 104 Å². The van der Waals surface area contributed by atoms with Gasteiger partial charge in [-0.15, -0.1) is 0 Å². The molecule has 0 saturated heterocycles. The van der Waals surface area contributed by atoms with Crippen molar-refractivity contribution >= 4 is 5.91 Å². The molecule has 0 saturated carbocycles. The van der Waals surface area contributed by atoms with Crippen LogP contribution in [0.25, 0.3) is 0 Å². The van der Waals surface area contributed by atoms with E-state index in [1.165, 1.54) is 0 Å². The molecule has 1 heterocycles. The largest absolute Gasteiger partial charge is 0.508 e. The van der Waals surface area contributed by atoms with E-state index in [-0.39, 0.29) is 11.7 Å². The minimum Gasteiger partial charge on any atom is -0.508 e. The van der Waals surface area contributed by atoms with Gasteiger partial charge in [0.25, 0.3) is 0 Å². The van der Waals surface area contributed by atoms with Gasteiger partial charge in [0.1, 0.15) is 5.75 Å². The van der Waals surface area contributed by atoms with E-state index in [1.807, 2.05) is 0 Å². The van der Waals surface area contributed by atoms with Crippen LogP contribution >= 0.6 is 0 Å². The normalized spacial score (nSPS) is 12.1. The molecule has 0 spiro atoms. The molecule has 19 heavy (non-hydrogen) atoms. The first kappa shape index (κ1) is 13.1. The van der Waals surface area contributed by atoms with Crippen molar-refractivity contribution in [2.75, 3.05) is 0 Å². The lowest BCUT2D eigenvalue weighted by molar-refractivity contribution is -0.122.